The minimum Gasteiger partial charge on any atom is -0.508 e. The van der Waals surface area contributed by atoms with Gasteiger partial charge in [0.05, 0.1) is 16.4 Å². The molecule has 0 aliphatic heterocycles. The molecule has 130 valence electrons. The quantitative estimate of drug-likeness (QED) is 0.687. The van der Waals surface area contributed by atoms with Crippen molar-refractivity contribution in [3.05, 3.63) is 75.5 Å². The number of nitrogens with two attached hydrogens (primary N) is 1. The van der Waals surface area contributed by atoms with Crippen LogP contribution in [0.15, 0.2) is 48.5 Å². The van der Waals surface area contributed by atoms with Crippen molar-refractivity contribution in [2.24, 2.45) is 5.73 Å². The summed E-state index contributed by atoms with van der Waals surface area (Å²) < 4.78 is 1.84. The number of phenols is 1. The Morgan fingerprint density at radius 2 is 1.84 bits per heavy atom. The van der Waals surface area contributed by atoms with Crippen LogP contribution in [-0.4, -0.2) is 21.4 Å². The van der Waals surface area contributed by atoms with E-state index in [0.29, 0.717) is 23.0 Å². The first-order valence-electron chi connectivity index (χ1n) is 8.00. The molecule has 3 rings (SSSR count). The molecule has 0 aliphatic rings. The number of halogens is 2. The van der Waals surface area contributed by atoms with Gasteiger partial charge < -0.3 is 10.8 Å². The van der Waals surface area contributed by atoms with E-state index in [4.69, 9.17) is 34.0 Å². The molecule has 1 atom stereocenters. The lowest BCUT2D eigenvalue weighted by molar-refractivity contribution is 0.475. The normalized spacial score (nSPS) is 12.3. The molecule has 3 N–H and O–H groups in total. The van der Waals surface area contributed by atoms with Crippen LogP contribution in [0.5, 0.6) is 5.75 Å². The highest BCUT2D eigenvalue weighted by Gasteiger charge is 2.16. The summed E-state index contributed by atoms with van der Waals surface area (Å²) in [5, 5.41) is 15.3. The monoisotopic (exact) mass is 375 g/mol. The van der Waals surface area contributed by atoms with E-state index in [2.05, 4.69) is 6.07 Å². The van der Waals surface area contributed by atoms with Crippen LogP contribution in [0.1, 0.15) is 29.8 Å². The number of hydrogen-bond acceptors (Lipinski definition) is 3. The molecule has 4 nitrogen and oxygen atoms in total. The second-order valence-electron chi connectivity index (χ2n) is 6.05. The zero-order chi connectivity index (χ0) is 18.0. The van der Waals surface area contributed by atoms with Gasteiger partial charge in [-0.05, 0) is 42.0 Å². The molecular formula is C19H19Cl2N3O. The third-order valence-electron chi connectivity index (χ3n) is 4.12. The molecule has 6 heteroatoms. The number of nitrogens with zero attached hydrogens (tertiary/aromatic N) is 2. The number of aromatic nitrogens is 2. The number of rotatable bonds is 5. The molecule has 0 spiro atoms. The van der Waals surface area contributed by atoms with Crippen LogP contribution >= 0.6 is 23.2 Å². The molecule has 0 saturated heterocycles. The fourth-order valence-corrected chi connectivity index (χ4v) is 3.10. The maximum Gasteiger partial charge on any atom is 0.115 e. The van der Waals surface area contributed by atoms with Crippen LogP contribution < -0.4 is 5.73 Å². The van der Waals surface area contributed by atoms with Crippen molar-refractivity contribution in [3.8, 4) is 11.4 Å². The summed E-state index contributed by atoms with van der Waals surface area (Å²) in [7, 11) is 0. The molecule has 25 heavy (non-hydrogen) atoms. The van der Waals surface area contributed by atoms with E-state index in [9.17, 15) is 5.11 Å². The summed E-state index contributed by atoms with van der Waals surface area (Å²) in [6.45, 7) is 2.56. The van der Waals surface area contributed by atoms with E-state index in [1.165, 1.54) is 0 Å². The molecule has 0 radical (unpaired) electrons. The molecule has 3 aromatic rings. The average Bonchev–Trinajstić information content (AvgIpc) is 3.00. The van der Waals surface area contributed by atoms with Gasteiger partial charge in [0.2, 0.25) is 0 Å². The molecule has 2 aromatic carbocycles. The van der Waals surface area contributed by atoms with Gasteiger partial charge in [-0.2, -0.15) is 5.10 Å². The van der Waals surface area contributed by atoms with E-state index < -0.39 is 0 Å². The molecule has 0 saturated carbocycles. The van der Waals surface area contributed by atoms with Gasteiger partial charge in [0.1, 0.15) is 5.75 Å². The molecule has 1 heterocycles. The Kier molecular flexibility index (Phi) is 5.33. The summed E-state index contributed by atoms with van der Waals surface area (Å²) in [5.74, 6) is 0.390. The summed E-state index contributed by atoms with van der Waals surface area (Å²) in [6.07, 6.45) is 0.656. The predicted octanol–water partition coefficient (Wildman–Crippen LogP) is 4.54. The van der Waals surface area contributed by atoms with Gasteiger partial charge in [0.15, 0.2) is 0 Å². The highest BCUT2D eigenvalue weighted by molar-refractivity contribution is 6.35. The summed E-state index contributed by atoms with van der Waals surface area (Å²) in [6, 6.07) is 14.5. The standard InChI is InChI=1S/C19H19Cl2N3O/c1-12(11-22)18-10-15(8-13-2-5-16(25)6-3-13)24(23-18)19-7-4-14(20)9-17(19)21/h2-7,9-10,12,25H,8,11,22H2,1H3. The number of benzene rings is 2. The van der Waals surface area contributed by atoms with E-state index in [1.54, 1.807) is 24.3 Å². The van der Waals surface area contributed by atoms with Crippen LogP contribution in [0, 0.1) is 0 Å². The third kappa shape index (κ3) is 3.98. The molecule has 0 bridgehead atoms. The maximum absolute atomic E-state index is 9.47. The van der Waals surface area contributed by atoms with Crippen molar-refractivity contribution in [3.63, 3.8) is 0 Å². The van der Waals surface area contributed by atoms with Gasteiger partial charge in [-0.1, -0.05) is 42.3 Å². The summed E-state index contributed by atoms with van der Waals surface area (Å²) in [4.78, 5) is 0. The first-order chi connectivity index (χ1) is 12.0. The Morgan fingerprint density at radius 3 is 2.48 bits per heavy atom. The van der Waals surface area contributed by atoms with Crippen molar-refractivity contribution in [1.82, 2.24) is 9.78 Å². The van der Waals surface area contributed by atoms with Gasteiger partial charge in [-0.25, -0.2) is 4.68 Å². The van der Waals surface area contributed by atoms with Crippen molar-refractivity contribution < 1.29 is 5.11 Å². The molecule has 1 unspecified atom stereocenters. The predicted molar refractivity (Wildman–Crippen MR) is 102 cm³/mol. The molecule has 0 aliphatic carbocycles. The van der Waals surface area contributed by atoms with E-state index in [1.807, 2.05) is 29.8 Å². The zero-order valence-electron chi connectivity index (χ0n) is 13.8. The Balaban J connectivity index is 2.05. The molecule has 0 amide bonds. The number of hydrogen-bond donors (Lipinski definition) is 2. The fraction of sp³-hybridized carbons (Fsp3) is 0.211. The second-order valence-corrected chi connectivity index (χ2v) is 6.89. The van der Waals surface area contributed by atoms with Crippen LogP contribution in [0.2, 0.25) is 10.0 Å². The Labute approximate surface area is 156 Å². The first kappa shape index (κ1) is 17.8. The van der Waals surface area contributed by atoms with Gasteiger partial charge >= 0.3 is 0 Å². The van der Waals surface area contributed by atoms with Gasteiger partial charge in [0, 0.05) is 29.6 Å². The lowest BCUT2D eigenvalue weighted by Gasteiger charge is -2.10. The van der Waals surface area contributed by atoms with Crippen LogP contribution in [-0.2, 0) is 6.42 Å². The largest absolute Gasteiger partial charge is 0.508 e. The SMILES string of the molecule is CC(CN)c1cc(Cc2ccc(O)cc2)n(-c2ccc(Cl)cc2Cl)n1. The topological polar surface area (TPSA) is 64.1 Å². The molecular weight excluding hydrogens is 357 g/mol. The number of phenolic OH excluding ortho intramolecular Hbond substituents is 1. The zero-order valence-corrected chi connectivity index (χ0v) is 15.3. The Bertz CT molecular complexity index is 875. The van der Waals surface area contributed by atoms with E-state index >= 15 is 0 Å². The molecule has 1 aromatic heterocycles. The van der Waals surface area contributed by atoms with Gasteiger partial charge in [0.25, 0.3) is 0 Å². The number of aromatic hydroxyl groups is 1. The maximum atomic E-state index is 9.47. The van der Waals surface area contributed by atoms with Crippen LogP contribution in [0.4, 0.5) is 0 Å². The third-order valence-corrected chi connectivity index (χ3v) is 4.66. The lowest BCUT2D eigenvalue weighted by Crippen LogP contribution is -2.10. The lowest BCUT2D eigenvalue weighted by atomic mass is 10.1. The van der Waals surface area contributed by atoms with Crippen molar-refractivity contribution in [2.45, 2.75) is 19.3 Å². The smallest absolute Gasteiger partial charge is 0.115 e. The van der Waals surface area contributed by atoms with Crippen molar-refractivity contribution in [1.29, 1.82) is 0 Å². The fourth-order valence-electron chi connectivity index (χ4n) is 2.61. The average molecular weight is 376 g/mol. The first-order valence-corrected chi connectivity index (χ1v) is 8.75. The second kappa shape index (κ2) is 7.48. The van der Waals surface area contributed by atoms with Crippen LogP contribution in [0.3, 0.4) is 0 Å². The Hall–Kier alpha value is -2.01. The van der Waals surface area contributed by atoms with Crippen molar-refractivity contribution in [2.75, 3.05) is 6.54 Å². The van der Waals surface area contributed by atoms with Gasteiger partial charge in [-0.3, -0.25) is 0 Å². The van der Waals surface area contributed by atoms with E-state index in [-0.39, 0.29) is 11.7 Å². The Morgan fingerprint density at radius 1 is 1.12 bits per heavy atom. The highest BCUT2D eigenvalue weighted by atomic mass is 35.5. The minimum atomic E-state index is 0.144. The molecule has 0 fully saturated rings. The van der Waals surface area contributed by atoms with Crippen LogP contribution in [0.25, 0.3) is 5.69 Å². The van der Waals surface area contributed by atoms with Gasteiger partial charge in [-0.15, -0.1) is 0 Å². The minimum absolute atomic E-state index is 0.144. The highest BCUT2D eigenvalue weighted by Crippen LogP contribution is 2.28. The summed E-state index contributed by atoms with van der Waals surface area (Å²) >= 11 is 12.4. The summed E-state index contributed by atoms with van der Waals surface area (Å²) in [5.41, 5.74) is 9.55. The van der Waals surface area contributed by atoms with Crippen molar-refractivity contribution >= 4 is 23.2 Å². The van der Waals surface area contributed by atoms with E-state index in [0.717, 1.165) is 22.6 Å².